The smallest absolute Gasteiger partial charge is 0.229 e. The Balaban J connectivity index is 1.33. The Hall–Kier alpha value is -1.39. The maximum atomic E-state index is 12.7. The van der Waals surface area contributed by atoms with Crippen LogP contribution in [0.15, 0.2) is 24.3 Å². The molecule has 0 aromatic heterocycles. The van der Waals surface area contributed by atoms with Gasteiger partial charge >= 0.3 is 0 Å². The Labute approximate surface area is 151 Å². The molecule has 3 N–H and O–H groups in total. The third-order valence-electron chi connectivity index (χ3n) is 6.65. The highest BCUT2D eigenvalue weighted by atomic mass is 16.2. The summed E-state index contributed by atoms with van der Waals surface area (Å²) in [5.41, 5.74) is 8.51. The first-order valence-electron chi connectivity index (χ1n) is 9.98. The number of hydrogen-bond acceptors (Lipinski definition) is 3. The van der Waals surface area contributed by atoms with Gasteiger partial charge in [0.15, 0.2) is 0 Å². The number of likely N-dealkylation sites (tertiary alicyclic amines) is 1. The summed E-state index contributed by atoms with van der Waals surface area (Å²) in [5, 5.41) is 3.10. The summed E-state index contributed by atoms with van der Waals surface area (Å²) in [6.07, 6.45) is 6.18. The van der Waals surface area contributed by atoms with E-state index in [0.29, 0.717) is 11.8 Å². The summed E-state index contributed by atoms with van der Waals surface area (Å²) in [6.45, 7) is 5.74. The minimum Gasteiger partial charge on any atom is -0.327 e. The van der Waals surface area contributed by atoms with Gasteiger partial charge in [0.2, 0.25) is 5.91 Å². The van der Waals surface area contributed by atoms with Crippen molar-refractivity contribution in [1.82, 2.24) is 4.90 Å². The molecule has 4 rings (SSSR count). The molecule has 2 aliphatic carbocycles. The average molecular weight is 341 g/mol. The lowest BCUT2D eigenvalue weighted by atomic mass is 9.84. The van der Waals surface area contributed by atoms with Crippen LogP contribution in [0, 0.1) is 23.7 Å². The SMILES string of the molecule is CC1CCCN(Cc2ccc(NC(=O)C3C4CCC(C4)C3N)cc2)C1. The number of anilines is 1. The molecule has 25 heavy (non-hydrogen) atoms. The van der Waals surface area contributed by atoms with Crippen molar-refractivity contribution in [3.63, 3.8) is 0 Å². The first kappa shape index (κ1) is 17.0. The van der Waals surface area contributed by atoms with Gasteiger partial charge in [0.05, 0.1) is 5.92 Å². The van der Waals surface area contributed by atoms with Crippen molar-refractivity contribution in [3.8, 4) is 0 Å². The fraction of sp³-hybridized carbons (Fsp3) is 0.667. The Kier molecular flexibility index (Phi) is 4.83. The van der Waals surface area contributed by atoms with Gasteiger partial charge < -0.3 is 11.1 Å². The van der Waals surface area contributed by atoms with Gasteiger partial charge in [0.25, 0.3) is 0 Å². The van der Waals surface area contributed by atoms with Crippen molar-refractivity contribution in [1.29, 1.82) is 0 Å². The molecule has 0 spiro atoms. The molecule has 1 aromatic rings. The molecule has 1 amide bonds. The second-order valence-corrected chi connectivity index (χ2v) is 8.61. The maximum Gasteiger partial charge on any atom is 0.229 e. The number of piperidine rings is 1. The number of hydrogen-bond donors (Lipinski definition) is 2. The van der Waals surface area contributed by atoms with Gasteiger partial charge in [0, 0.05) is 24.8 Å². The lowest BCUT2D eigenvalue weighted by Gasteiger charge is -2.30. The molecule has 1 aromatic carbocycles. The van der Waals surface area contributed by atoms with E-state index in [0.717, 1.165) is 24.6 Å². The van der Waals surface area contributed by atoms with E-state index in [1.165, 1.54) is 44.3 Å². The number of nitrogens with one attached hydrogen (secondary N) is 1. The largest absolute Gasteiger partial charge is 0.327 e. The van der Waals surface area contributed by atoms with Crippen LogP contribution in [0.2, 0.25) is 0 Å². The van der Waals surface area contributed by atoms with E-state index in [2.05, 4.69) is 29.3 Å². The predicted molar refractivity (Wildman–Crippen MR) is 101 cm³/mol. The molecular formula is C21H31N3O. The fourth-order valence-electron chi connectivity index (χ4n) is 5.33. The molecule has 3 aliphatic rings. The molecule has 5 unspecified atom stereocenters. The third-order valence-corrected chi connectivity index (χ3v) is 6.65. The highest BCUT2D eigenvalue weighted by Crippen LogP contribution is 2.47. The van der Waals surface area contributed by atoms with Gasteiger partial charge in [-0.25, -0.2) is 0 Å². The lowest BCUT2D eigenvalue weighted by molar-refractivity contribution is -0.121. The van der Waals surface area contributed by atoms with Crippen LogP contribution in [0.5, 0.6) is 0 Å². The first-order valence-corrected chi connectivity index (χ1v) is 9.98. The molecule has 5 atom stereocenters. The summed E-state index contributed by atoms with van der Waals surface area (Å²) >= 11 is 0. The number of nitrogens with two attached hydrogens (primary N) is 1. The quantitative estimate of drug-likeness (QED) is 0.884. The zero-order chi connectivity index (χ0) is 17.4. The second-order valence-electron chi connectivity index (χ2n) is 8.61. The van der Waals surface area contributed by atoms with E-state index < -0.39 is 0 Å². The lowest BCUT2D eigenvalue weighted by Crippen LogP contribution is -2.42. The Bertz CT molecular complexity index is 612. The minimum atomic E-state index is 0.00765. The van der Waals surface area contributed by atoms with Crippen molar-refractivity contribution in [3.05, 3.63) is 29.8 Å². The summed E-state index contributed by atoms with van der Waals surface area (Å²) in [5.74, 6) is 2.00. The molecule has 3 fully saturated rings. The number of fused-ring (bicyclic) bond motifs is 2. The highest BCUT2D eigenvalue weighted by Gasteiger charge is 2.49. The van der Waals surface area contributed by atoms with E-state index in [1.807, 2.05) is 12.1 Å². The number of carbonyl (C=O) groups is 1. The summed E-state index contributed by atoms with van der Waals surface area (Å²) in [6, 6.07) is 8.43. The van der Waals surface area contributed by atoms with Gasteiger partial charge in [-0.3, -0.25) is 9.69 Å². The number of nitrogens with zero attached hydrogens (tertiary/aromatic N) is 1. The molecule has 1 saturated heterocycles. The van der Waals surface area contributed by atoms with Crippen LogP contribution in [-0.4, -0.2) is 29.9 Å². The fourth-order valence-corrected chi connectivity index (χ4v) is 5.33. The highest BCUT2D eigenvalue weighted by molar-refractivity contribution is 5.93. The molecule has 2 saturated carbocycles. The summed E-state index contributed by atoms with van der Waals surface area (Å²) in [7, 11) is 0. The van der Waals surface area contributed by atoms with Crippen molar-refractivity contribution >= 4 is 11.6 Å². The number of amides is 1. The normalized spacial score (nSPS) is 35.0. The van der Waals surface area contributed by atoms with E-state index >= 15 is 0 Å². The molecule has 136 valence electrons. The van der Waals surface area contributed by atoms with Gasteiger partial charge in [-0.2, -0.15) is 0 Å². The first-order chi connectivity index (χ1) is 12.1. The van der Waals surface area contributed by atoms with E-state index in [-0.39, 0.29) is 17.9 Å². The van der Waals surface area contributed by atoms with Crippen LogP contribution in [0.25, 0.3) is 0 Å². The van der Waals surface area contributed by atoms with Crippen LogP contribution in [-0.2, 0) is 11.3 Å². The van der Waals surface area contributed by atoms with E-state index in [4.69, 9.17) is 5.73 Å². The zero-order valence-corrected chi connectivity index (χ0v) is 15.3. The number of rotatable bonds is 4. The van der Waals surface area contributed by atoms with Crippen molar-refractivity contribution in [2.45, 2.75) is 51.6 Å². The van der Waals surface area contributed by atoms with Gasteiger partial charge in [-0.05, 0) is 74.1 Å². The third kappa shape index (κ3) is 3.61. The average Bonchev–Trinajstić information content (AvgIpc) is 3.18. The van der Waals surface area contributed by atoms with Gasteiger partial charge in [0.1, 0.15) is 0 Å². The molecule has 4 heteroatoms. The second kappa shape index (κ2) is 7.08. The van der Waals surface area contributed by atoms with Gasteiger partial charge in [-0.1, -0.05) is 19.1 Å². The topological polar surface area (TPSA) is 58.4 Å². The van der Waals surface area contributed by atoms with Crippen LogP contribution >= 0.6 is 0 Å². The molecule has 1 aliphatic heterocycles. The van der Waals surface area contributed by atoms with Crippen LogP contribution in [0.4, 0.5) is 5.69 Å². The summed E-state index contributed by atoms with van der Waals surface area (Å²) in [4.78, 5) is 15.2. The standard InChI is InChI=1S/C21H31N3O/c1-14-3-2-10-24(12-14)13-15-4-8-18(9-5-15)23-21(25)19-16-6-7-17(11-16)20(19)22/h4-5,8-9,14,16-17,19-20H,2-3,6-7,10-13,22H2,1H3,(H,23,25). The molecule has 0 radical (unpaired) electrons. The maximum absolute atomic E-state index is 12.7. The van der Waals surface area contributed by atoms with Gasteiger partial charge in [-0.15, -0.1) is 0 Å². The van der Waals surface area contributed by atoms with E-state index in [1.54, 1.807) is 0 Å². The van der Waals surface area contributed by atoms with Crippen LogP contribution < -0.4 is 11.1 Å². The van der Waals surface area contributed by atoms with E-state index in [9.17, 15) is 4.79 Å². The van der Waals surface area contributed by atoms with Crippen LogP contribution in [0.3, 0.4) is 0 Å². The Morgan fingerprint density at radius 3 is 2.64 bits per heavy atom. The molecule has 4 nitrogen and oxygen atoms in total. The van der Waals surface area contributed by atoms with Crippen molar-refractivity contribution < 1.29 is 4.79 Å². The molecular weight excluding hydrogens is 310 g/mol. The Morgan fingerprint density at radius 2 is 1.96 bits per heavy atom. The number of benzene rings is 1. The molecule has 2 bridgehead atoms. The van der Waals surface area contributed by atoms with Crippen molar-refractivity contribution in [2.75, 3.05) is 18.4 Å². The van der Waals surface area contributed by atoms with Crippen molar-refractivity contribution in [2.24, 2.45) is 29.4 Å². The summed E-state index contributed by atoms with van der Waals surface area (Å²) < 4.78 is 0. The van der Waals surface area contributed by atoms with Crippen LogP contribution in [0.1, 0.15) is 44.6 Å². The molecule has 1 heterocycles. The number of carbonyl (C=O) groups excluding carboxylic acids is 1. The zero-order valence-electron chi connectivity index (χ0n) is 15.3. The Morgan fingerprint density at radius 1 is 1.20 bits per heavy atom. The predicted octanol–water partition coefficient (Wildman–Crippen LogP) is 3.23. The minimum absolute atomic E-state index is 0.00765. The monoisotopic (exact) mass is 341 g/mol.